The van der Waals surface area contributed by atoms with Crippen molar-refractivity contribution in [1.29, 1.82) is 0 Å². The smallest absolute Gasteiger partial charge is 0.290 e. The van der Waals surface area contributed by atoms with Gasteiger partial charge in [0, 0.05) is 57.6 Å². The summed E-state index contributed by atoms with van der Waals surface area (Å²) in [5.41, 5.74) is 1.98. The van der Waals surface area contributed by atoms with E-state index in [1.807, 2.05) is 30.6 Å². The summed E-state index contributed by atoms with van der Waals surface area (Å²) < 4.78 is 11.8. The van der Waals surface area contributed by atoms with E-state index in [1.165, 1.54) is 0 Å². The summed E-state index contributed by atoms with van der Waals surface area (Å²) in [6, 6.07) is 5.91. The van der Waals surface area contributed by atoms with Crippen molar-refractivity contribution < 1.29 is 19.4 Å². The fourth-order valence-corrected chi connectivity index (χ4v) is 4.32. The van der Waals surface area contributed by atoms with Gasteiger partial charge >= 0.3 is 0 Å². The second kappa shape index (κ2) is 11.3. The zero-order valence-corrected chi connectivity index (χ0v) is 19.1. The minimum Gasteiger partial charge on any atom is -0.495 e. The Hall–Kier alpha value is -2.62. The maximum Gasteiger partial charge on any atom is 0.290 e. The third-order valence-corrected chi connectivity index (χ3v) is 5.80. The second-order valence-corrected chi connectivity index (χ2v) is 8.52. The molecule has 2 aromatic heterocycles. The minimum absolute atomic E-state index is 0.103. The van der Waals surface area contributed by atoms with Crippen LogP contribution in [0.4, 0.5) is 0 Å². The molecule has 2 saturated heterocycles. The molecule has 0 saturated carbocycles. The van der Waals surface area contributed by atoms with Crippen LogP contribution in [0.1, 0.15) is 43.4 Å². The van der Waals surface area contributed by atoms with Gasteiger partial charge in [-0.05, 0) is 24.6 Å². The molecular formula is C23H33N5O4. The van der Waals surface area contributed by atoms with Gasteiger partial charge in [0.25, 0.3) is 6.47 Å². The van der Waals surface area contributed by atoms with Gasteiger partial charge in [0.2, 0.25) is 0 Å². The second-order valence-electron chi connectivity index (χ2n) is 8.52. The largest absolute Gasteiger partial charge is 0.495 e. The molecule has 0 aromatic carbocycles. The molecule has 174 valence electrons. The number of ether oxygens (including phenoxy) is 2. The van der Waals surface area contributed by atoms with Crippen LogP contribution in [-0.4, -0.2) is 81.8 Å². The van der Waals surface area contributed by atoms with E-state index in [2.05, 4.69) is 33.6 Å². The Balaban J connectivity index is 0.000000913. The number of aromatic nitrogens is 3. The fraction of sp³-hybridized carbons (Fsp3) is 0.565. The summed E-state index contributed by atoms with van der Waals surface area (Å²) in [5.74, 6) is 2.11. The molecule has 4 heterocycles. The lowest BCUT2D eigenvalue weighted by molar-refractivity contribution is -0.122. The Labute approximate surface area is 189 Å². The third-order valence-electron chi connectivity index (χ3n) is 5.80. The zero-order chi connectivity index (χ0) is 23.0. The standard InChI is InChI=1S/C22H31N5O2.CH2O2/c1-17(2)21-24-9-6-18(25-21)13-27-11-12-29-22(16-27)7-10-26(15-22)14-19-20(28-3)5-4-8-23-19;2-1-3/h4-6,8-9,17H,7,10-16H2,1-3H3;1H,(H,2,3). The maximum absolute atomic E-state index is 8.36. The van der Waals surface area contributed by atoms with Crippen molar-refractivity contribution in [1.82, 2.24) is 24.8 Å². The van der Waals surface area contributed by atoms with Crippen LogP contribution >= 0.6 is 0 Å². The molecule has 0 amide bonds. The average Bonchev–Trinajstić information content (AvgIpc) is 3.16. The summed E-state index contributed by atoms with van der Waals surface area (Å²) in [4.78, 5) is 26.9. The van der Waals surface area contributed by atoms with Gasteiger partial charge in [0.15, 0.2) is 0 Å². The molecule has 1 N–H and O–H groups in total. The lowest BCUT2D eigenvalue weighted by Gasteiger charge is -2.40. The first-order valence-electron chi connectivity index (χ1n) is 10.9. The first-order chi connectivity index (χ1) is 15.5. The van der Waals surface area contributed by atoms with E-state index in [0.29, 0.717) is 5.92 Å². The Morgan fingerprint density at radius 2 is 1.94 bits per heavy atom. The van der Waals surface area contributed by atoms with Crippen molar-refractivity contribution in [3.05, 3.63) is 47.8 Å². The third kappa shape index (κ3) is 6.21. The lowest BCUT2D eigenvalue weighted by atomic mass is 10.0. The highest BCUT2D eigenvalue weighted by atomic mass is 16.5. The van der Waals surface area contributed by atoms with E-state index < -0.39 is 0 Å². The van der Waals surface area contributed by atoms with Crippen LogP contribution in [-0.2, 0) is 22.6 Å². The van der Waals surface area contributed by atoms with Gasteiger partial charge in [-0.15, -0.1) is 0 Å². The summed E-state index contributed by atoms with van der Waals surface area (Å²) in [6.45, 7) is 10.2. The number of nitrogens with zero attached hydrogens (tertiary/aromatic N) is 5. The van der Waals surface area contributed by atoms with Gasteiger partial charge < -0.3 is 14.6 Å². The molecule has 9 heteroatoms. The summed E-state index contributed by atoms with van der Waals surface area (Å²) in [7, 11) is 1.70. The highest BCUT2D eigenvalue weighted by molar-refractivity contribution is 5.32. The van der Waals surface area contributed by atoms with E-state index in [1.54, 1.807) is 7.11 Å². The molecule has 4 rings (SSSR count). The maximum atomic E-state index is 8.36. The number of hydrogen-bond donors (Lipinski definition) is 1. The van der Waals surface area contributed by atoms with Crippen molar-refractivity contribution >= 4 is 6.47 Å². The molecular weight excluding hydrogens is 410 g/mol. The Morgan fingerprint density at radius 3 is 2.66 bits per heavy atom. The van der Waals surface area contributed by atoms with Crippen LogP contribution in [0.2, 0.25) is 0 Å². The normalized spacial score (nSPS) is 21.4. The molecule has 0 aliphatic carbocycles. The van der Waals surface area contributed by atoms with Crippen molar-refractivity contribution in [2.45, 2.75) is 44.9 Å². The summed E-state index contributed by atoms with van der Waals surface area (Å²) >= 11 is 0. The molecule has 1 spiro atoms. The quantitative estimate of drug-likeness (QED) is 0.673. The van der Waals surface area contributed by atoms with Crippen molar-refractivity contribution in [3.63, 3.8) is 0 Å². The van der Waals surface area contributed by atoms with Gasteiger partial charge in [-0.3, -0.25) is 19.6 Å². The number of methoxy groups -OCH3 is 1. The average molecular weight is 444 g/mol. The van der Waals surface area contributed by atoms with Crippen LogP contribution in [0.25, 0.3) is 0 Å². The van der Waals surface area contributed by atoms with Gasteiger partial charge in [0.1, 0.15) is 11.6 Å². The fourth-order valence-electron chi connectivity index (χ4n) is 4.32. The Morgan fingerprint density at radius 1 is 1.19 bits per heavy atom. The zero-order valence-electron chi connectivity index (χ0n) is 19.1. The molecule has 0 radical (unpaired) electrons. The number of carboxylic acid groups (broad SMARTS) is 1. The van der Waals surface area contributed by atoms with Crippen LogP contribution < -0.4 is 4.74 Å². The van der Waals surface area contributed by atoms with E-state index in [-0.39, 0.29) is 12.1 Å². The monoisotopic (exact) mass is 443 g/mol. The number of likely N-dealkylation sites (tertiary alicyclic amines) is 1. The van der Waals surface area contributed by atoms with Crippen molar-refractivity contribution in [2.24, 2.45) is 0 Å². The molecule has 0 bridgehead atoms. The van der Waals surface area contributed by atoms with E-state index in [9.17, 15) is 0 Å². The van der Waals surface area contributed by atoms with Crippen LogP contribution in [0.3, 0.4) is 0 Å². The summed E-state index contributed by atoms with van der Waals surface area (Å²) in [5, 5.41) is 6.89. The first-order valence-corrected chi connectivity index (χ1v) is 10.9. The van der Waals surface area contributed by atoms with E-state index in [0.717, 1.165) is 75.3 Å². The summed E-state index contributed by atoms with van der Waals surface area (Å²) in [6.07, 6.45) is 4.75. The van der Waals surface area contributed by atoms with E-state index >= 15 is 0 Å². The molecule has 9 nitrogen and oxygen atoms in total. The minimum atomic E-state index is -0.250. The van der Waals surface area contributed by atoms with Gasteiger partial charge in [-0.2, -0.15) is 0 Å². The van der Waals surface area contributed by atoms with Crippen molar-refractivity contribution in [3.8, 4) is 5.75 Å². The number of morpholine rings is 1. The SMILES string of the molecule is COc1cccnc1CN1CCC2(CN(Cc3ccnc(C(C)C)n3)CCO2)C1.O=CO. The number of rotatable bonds is 6. The molecule has 2 fully saturated rings. The Bertz CT molecular complexity index is 881. The number of carbonyl (C=O) groups is 1. The predicted molar refractivity (Wildman–Crippen MR) is 119 cm³/mol. The van der Waals surface area contributed by atoms with Gasteiger partial charge in [-0.1, -0.05) is 13.8 Å². The molecule has 2 aliphatic rings. The highest BCUT2D eigenvalue weighted by Gasteiger charge is 2.42. The molecule has 2 aromatic rings. The Kier molecular flexibility index (Phi) is 8.49. The van der Waals surface area contributed by atoms with Crippen LogP contribution in [0.15, 0.2) is 30.6 Å². The molecule has 2 aliphatic heterocycles. The number of hydrogen-bond acceptors (Lipinski definition) is 8. The number of pyridine rings is 1. The molecule has 32 heavy (non-hydrogen) atoms. The van der Waals surface area contributed by atoms with Gasteiger partial charge in [-0.25, -0.2) is 9.97 Å². The highest BCUT2D eigenvalue weighted by Crippen LogP contribution is 2.31. The first kappa shape index (κ1) is 24.0. The van der Waals surface area contributed by atoms with E-state index in [4.69, 9.17) is 24.4 Å². The predicted octanol–water partition coefficient (Wildman–Crippen LogP) is 2.18. The van der Waals surface area contributed by atoms with Crippen molar-refractivity contribution in [2.75, 3.05) is 39.9 Å². The van der Waals surface area contributed by atoms with Gasteiger partial charge in [0.05, 0.1) is 30.7 Å². The van der Waals surface area contributed by atoms with Crippen LogP contribution in [0, 0.1) is 0 Å². The topological polar surface area (TPSA) is 101 Å². The molecule has 1 atom stereocenters. The lowest BCUT2D eigenvalue weighted by Crippen LogP contribution is -2.52. The molecule has 1 unspecified atom stereocenters. The van der Waals surface area contributed by atoms with Crippen LogP contribution in [0.5, 0.6) is 5.75 Å².